The Bertz CT molecular complexity index is 2270. The Kier molecular flexibility index (Phi) is 7.45. The molecule has 3 nitrogen and oxygen atoms in total. The Morgan fingerprint density at radius 1 is 0.864 bits per heavy atom. The molecule has 0 unspecified atom stereocenters. The Balaban J connectivity index is 0.000000280. The molecule has 1 radical (unpaired) electrons. The molecule has 7 rings (SSSR count). The predicted molar refractivity (Wildman–Crippen MR) is 182 cm³/mol. The van der Waals surface area contributed by atoms with Crippen molar-refractivity contribution < 1.29 is 31.4 Å². The van der Waals surface area contributed by atoms with Gasteiger partial charge < -0.3 is 14.4 Å². The van der Waals surface area contributed by atoms with Crippen molar-refractivity contribution in [3.63, 3.8) is 0 Å². The molecule has 5 heteroatoms. The molecule has 0 N–H and O–H groups in total. The number of aromatic nitrogens is 2. The standard InChI is InChI=1S/C27H26NOS.C12H10N.Ir/c1-15-14-28-23(12-18(15)13-27(4,5)6)22-9-7-8-20-21-11-10-19-16(2)17(3)30-26(19)25(21)29-24(20)22;1-10-7-8-12(13-9-10)11-5-3-2-4-6-11;/h7-8,10-12,14H,13H2,1-6H3;2-5,7-9H,1H3;/q2*-1;/i1D3,13D2;;. The van der Waals surface area contributed by atoms with Crippen LogP contribution in [-0.2, 0) is 26.5 Å². The smallest absolute Gasteiger partial charge is 0.138 e. The van der Waals surface area contributed by atoms with Gasteiger partial charge in [-0.2, -0.15) is 0 Å². The number of rotatable bonds is 3. The molecule has 7 aromatic rings. The van der Waals surface area contributed by atoms with Gasteiger partial charge in [-0.1, -0.05) is 67.6 Å². The normalized spacial score (nSPS) is 13.7. The van der Waals surface area contributed by atoms with Crippen LogP contribution in [-0.4, -0.2) is 9.97 Å². The Morgan fingerprint density at radius 2 is 1.64 bits per heavy atom. The van der Waals surface area contributed by atoms with E-state index >= 15 is 0 Å². The molecule has 0 aliphatic rings. The number of furan rings is 1. The van der Waals surface area contributed by atoms with Crippen molar-refractivity contribution in [2.45, 2.75) is 54.8 Å². The van der Waals surface area contributed by atoms with Crippen LogP contribution >= 0.6 is 11.3 Å². The second-order valence-electron chi connectivity index (χ2n) is 11.8. The molecular weight excluding hydrogens is 737 g/mol. The number of pyridine rings is 2. The van der Waals surface area contributed by atoms with E-state index in [0.29, 0.717) is 16.8 Å². The summed E-state index contributed by atoms with van der Waals surface area (Å²) in [5.41, 5.74) is 6.08. The van der Waals surface area contributed by atoms with Gasteiger partial charge in [0.2, 0.25) is 0 Å². The number of aryl methyl sites for hydroxylation is 4. The van der Waals surface area contributed by atoms with Gasteiger partial charge in [0, 0.05) is 49.6 Å². The third-order valence-corrected chi connectivity index (χ3v) is 8.53. The fourth-order valence-corrected chi connectivity index (χ4v) is 6.21. The summed E-state index contributed by atoms with van der Waals surface area (Å²) in [4.78, 5) is 10.0. The van der Waals surface area contributed by atoms with Gasteiger partial charge in [0.15, 0.2) is 0 Å². The number of fused-ring (bicyclic) bond motifs is 5. The van der Waals surface area contributed by atoms with Crippen molar-refractivity contribution in [2.24, 2.45) is 5.41 Å². The second-order valence-corrected chi connectivity index (χ2v) is 13.0. The fraction of sp³-hybridized carbons (Fsp3) is 0.231. The minimum Gasteiger partial charge on any atom is -0.499 e. The molecular formula is C39H36IrN2OS-2. The molecule has 4 aromatic heterocycles. The van der Waals surface area contributed by atoms with E-state index in [-0.39, 0.29) is 31.2 Å². The van der Waals surface area contributed by atoms with Gasteiger partial charge in [0.05, 0.1) is 10.3 Å². The van der Waals surface area contributed by atoms with Crippen molar-refractivity contribution in [1.82, 2.24) is 9.97 Å². The van der Waals surface area contributed by atoms with Crippen LogP contribution in [0.5, 0.6) is 0 Å². The third kappa shape index (κ3) is 6.42. The molecule has 0 aliphatic heterocycles. The Labute approximate surface area is 284 Å². The van der Waals surface area contributed by atoms with Crippen molar-refractivity contribution in [1.29, 1.82) is 0 Å². The largest absolute Gasteiger partial charge is 0.499 e. The molecule has 225 valence electrons. The first kappa shape index (κ1) is 25.7. The van der Waals surface area contributed by atoms with Gasteiger partial charge in [-0.05, 0) is 72.9 Å². The minimum atomic E-state index is -2.49. The van der Waals surface area contributed by atoms with Gasteiger partial charge in [-0.25, -0.2) is 0 Å². The van der Waals surface area contributed by atoms with Crippen LogP contribution in [0.1, 0.15) is 54.8 Å². The number of benzene rings is 3. The van der Waals surface area contributed by atoms with Crippen molar-refractivity contribution in [2.75, 3.05) is 0 Å². The first-order valence-corrected chi connectivity index (χ1v) is 15.1. The van der Waals surface area contributed by atoms with Crippen LogP contribution in [0.3, 0.4) is 0 Å². The van der Waals surface area contributed by atoms with Gasteiger partial charge in [0.25, 0.3) is 0 Å². The average Bonchev–Trinajstić information content (AvgIpc) is 3.57. The van der Waals surface area contributed by atoms with Gasteiger partial charge >= 0.3 is 0 Å². The number of thiophene rings is 1. The third-order valence-electron chi connectivity index (χ3n) is 7.31. The summed E-state index contributed by atoms with van der Waals surface area (Å²) < 4.78 is 49.1. The van der Waals surface area contributed by atoms with Gasteiger partial charge in [-0.3, -0.25) is 0 Å². The van der Waals surface area contributed by atoms with Crippen molar-refractivity contribution in [3.05, 3.63) is 118 Å². The van der Waals surface area contributed by atoms with Crippen molar-refractivity contribution in [3.8, 4) is 22.5 Å². The van der Waals surface area contributed by atoms with Crippen LogP contribution in [0.4, 0.5) is 0 Å². The molecule has 44 heavy (non-hydrogen) atoms. The first-order chi connectivity index (χ1) is 22.6. The molecule has 0 fully saturated rings. The first-order valence-electron chi connectivity index (χ1n) is 16.7. The molecule has 0 atom stereocenters. The molecule has 4 heterocycles. The zero-order valence-corrected chi connectivity index (χ0v) is 28.8. The van der Waals surface area contributed by atoms with E-state index in [9.17, 15) is 0 Å². The molecule has 0 amide bonds. The summed E-state index contributed by atoms with van der Waals surface area (Å²) >= 11 is 1.71. The summed E-state index contributed by atoms with van der Waals surface area (Å²) in [6.45, 7) is 9.05. The maximum absolute atomic E-state index is 8.82. The van der Waals surface area contributed by atoms with Crippen molar-refractivity contribution >= 4 is 43.4 Å². The summed E-state index contributed by atoms with van der Waals surface area (Å²) in [7, 11) is 0. The second kappa shape index (κ2) is 12.8. The molecule has 0 spiro atoms. The summed E-state index contributed by atoms with van der Waals surface area (Å²) in [5, 5.41) is 3.08. The average molecular weight is 778 g/mol. The maximum Gasteiger partial charge on any atom is 0.138 e. The van der Waals surface area contributed by atoms with E-state index in [1.165, 1.54) is 27.6 Å². The Hall–Kier alpha value is -3.63. The summed E-state index contributed by atoms with van der Waals surface area (Å²) in [5.74, 6) is 0. The summed E-state index contributed by atoms with van der Waals surface area (Å²) in [6, 6.07) is 27.8. The van der Waals surface area contributed by atoms with E-state index in [0.717, 1.165) is 32.3 Å². The minimum absolute atomic E-state index is 0. The van der Waals surface area contributed by atoms with E-state index < -0.39 is 18.6 Å². The van der Waals surface area contributed by atoms with Crippen LogP contribution in [0.2, 0.25) is 0 Å². The van der Waals surface area contributed by atoms with Gasteiger partial charge in [-0.15, -0.1) is 65.4 Å². The van der Waals surface area contributed by atoms with E-state index in [2.05, 4.69) is 54.1 Å². The quantitative estimate of drug-likeness (QED) is 0.168. The van der Waals surface area contributed by atoms with Crippen LogP contribution < -0.4 is 0 Å². The number of hydrogen-bond acceptors (Lipinski definition) is 4. The maximum atomic E-state index is 8.82. The molecule has 0 aliphatic carbocycles. The summed E-state index contributed by atoms with van der Waals surface area (Å²) in [6.07, 6.45) is 1.24. The van der Waals surface area contributed by atoms with Gasteiger partial charge in [0.1, 0.15) is 5.58 Å². The number of nitrogens with zero attached hydrogens (tertiary/aromatic N) is 2. The Morgan fingerprint density at radius 3 is 2.34 bits per heavy atom. The fourth-order valence-electron chi connectivity index (χ4n) is 5.07. The predicted octanol–water partition coefficient (Wildman–Crippen LogP) is 11.0. The van der Waals surface area contributed by atoms with E-state index in [1.54, 1.807) is 44.2 Å². The monoisotopic (exact) mass is 778 g/mol. The zero-order valence-electron chi connectivity index (χ0n) is 30.5. The van der Waals surface area contributed by atoms with Crippen LogP contribution in [0, 0.1) is 45.2 Å². The molecule has 0 saturated carbocycles. The zero-order chi connectivity index (χ0) is 34.6. The topological polar surface area (TPSA) is 38.9 Å². The van der Waals surface area contributed by atoms with Crippen LogP contribution in [0.25, 0.3) is 54.5 Å². The molecule has 0 saturated heterocycles. The molecule has 0 bridgehead atoms. The van der Waals surface area contributed by atoms with Crippen LogP contribution in [0.15, 0.2) is 83.5 Å². The molecule has 3 aromatic carbocycles. The van der Waals surface area contributed by atoms with E-state index in [1.807, 2.05) is 49.5 Å². The van der Waals surface area contributed by atoms with E-state index in [4.69, 9.17) is 11.3 Å². The number of hydrogen-bond donors (Lipinski definition) is 0. The SMILES string of the molecule is Cc1ccc(-c2[c-]cccc2)nc1.[2H]C([2H])([2H])c1cnc(-c2[c-]ccc3c2oc2c3ccc3c(C)c(C)sc32)cc1C([2H])([2H])C(C)(C)C.[Ir].